The van der Waals surface area contributed by atoms with Crippen LogP contribution in [0.1, 0.15) is 66.3 Å². The first-order valence-electron chi connectivity index (χ1n) is 13.5. The summed E-state index contributed by atoms with van der Waals surface area (Å²) in [5.41, 5.74) is 4.00. The van der Waals surface area contributed by atoms with Crippen molar-refractivity contribution < 1.29 is 19.1 Å². The maximum absolute atomic E-state index is 13.0. The Labute approximate surface area is 218 Å². The molecule has 1 amide bonds. The van der Waals surface area contributed by atoms with Crippen LogP contribution < -0.4 is 10.4 Å². The standard InChI is InChI=1S/C31H37NO5/c1-20-7-6-8-23(17-20)19-36-27-12-10-25-21(2)26(30(34)37-29(25)22(27)3)11-13-28(33)32-16-15-31(35)14-5-4-9-24(31)18-32/h6-8,10,12,17,24,35H,4-5,9,11,13-16,18-19H2,1-3H3/t24-,31-/m1/s1. The van der Waals surface area contributed by atoms with Crippen molar-refractivity contribution in [1.82, 2.24) is 4.90 Å². The minimum Gasteiger partial charge on any atom is -0.488 e. The van der Waals surface area contributed by atoms with Gasteiger partial charge >= 0.3 is 5.63 Å². The van der Waals surface area contributed by atoms with Crippen LogP contribution in [0, 0.1) is 26.7 Å². The van der Waals surface area contributed by atoms with Gasteiger partial charge in [-0.2, -0.15) is 0 Å². The van der Waals surface area contributed by atoms with E-state index in [-0.39, 0.29) is 18.2 Å². The Hall–Kier alpha value is -3.12. The molecule has 1 N–H and O–H groups in total. The summed E-state index contributed by atoms with van der Waals surface area (Å²) in [6, 6.07) is 12.0. The minimum absolute atomic E-state index is 0.0441. The van der Waals surface area contributed by atoms with Crippen LogP contribution in [0.15, 0.2) is 45.6 Å². The Morgan fingerprint density at radius 2 is 1.97 bits per heavy atom. The predicted molar refractivity (Wildman–Crippen MR) is 144 cm³/mol. The van der Waals surface area contributed by atoms with E-state index in [1.165, 1.54) is 5.56 Å². The van der Waals surface area contributed by atoms with Crippen LogP contribution >= 0.6 is 0 Å². The third kappa shape index (κ3) is 5.17. The first-order chi connectivity index (χ1) is 17.7. The zero-order chi connectivity index (χ0) is 26.2. The second-order valence-electron chi connectivity index (χ2n) is 11.0. The topological polar surface area (TPSA) is 80.0 Å². The summed E-state index contributed by atoms with van der Waals surface area (Å²) in [5, 5.41) is 11.8. The first-order valence-corrected chi connectivity index (χ1v) is 13.5. The third-order valence-corrected chi connectivity index (χ3v) is 8.50. The lowest BCUT2D eigenvalue weighted by atomic mass is 9.71. The Morgan fingerprint density at radius 1 is 1.14 bits per heavy atom. The number of amides is 1. The molecule has 5 rings (SSSR count). The molecule has 2 aromatic carbocycles. The molecule has 0 bridgehead atoms. The van der Waals surface area contributed by atoms with Gasteiger partial charge in [0.25, 0.3) is 0 Å². The van der Waals surface area contributed by atoms with E-state index in [9.17, 15) is 14.7 Å². The van der Waals surface area contributed by atoms with Crippen molar-refractivity contribution in [2.75, 3.05) is 13.1 Å². The zero-order valence-corrected chi connectivity index (χ0v) is 22.1. The number of carbonyl (C=O) groups excluding carboxylic acids is 1. The molecule has 0 unspecified atom stereocenters. The van der Waals surface area contributed by atoms with Crippen molar-refractivity contribution >= 4 is 16.9 Å². The number of benzene rings is 2. The smallest absolute Gasteiger partial charge is 0.339 e. The Morgan fingerprint density at radius 3 is 2.78 bits per heavy atom. The van der Waals surface area contributed by atoms with Gasteiger partial charge in [0, 0.05) is 41.9 Å². The summed E-state index contributed by atoms with van der Waals surface area (Å²) in [6.07, 6.45) is 5.26. The number of fused-ring (bicyclic) bond motifs is 2. The van der Waals surface area contributed by atoms with E-state index in [4.69, 9.17) is 9.15 Å². The van der Waals surface area contributed by atoms with E-state index < -0.39 is 11.2 Å². The number of hydrogen-bond donors (Lipinski definition) is 1. The van der Waals surface area contributed by atoms with E-state index in [0.717, 1.165) is 47.8 Å². The fourth-order valence-electron chi connectivity index (χ4n) is 6.17. The maximum atomic E-state index is 13.0. The van der Waals surface area contributed by atoms with Crippen molar-refractivity contribution in [3.05, 3.63) is 74.6 Å². The highest BCUT2D eigenvalue weighted by molar-refractivity contribution is 5.86. The van der Waals surface area contributed by atoms with E-state index in [1.54, 1.807) is 0 Å². The molecule has 2 atom stereocenters. The molecular formula is C31H37NO5. The number of rotatable bonds is 6. The van der Waals surface area contributed by atoms with Crippen LogP contribution in [-0.2, 0) is 17.8 Å². The number of aryl methyl sites for hydroxylation is 3. The zero-order valence-electron chi connectivity index (χ0n) is 22.1. The predicted octanol–water partition coefficient (Wildman–Crippen LogP) is 5.38. The molecule has 1 saturated carbocycles. The molecular weight excluding hydrogens is 466 g/mol. The van der Waals surface area contributed by atoms with Crippen LogP contribution in [0.5, 0.6) is 5.75 Å². The highest BCUT2D eigenvalue weighted by atomic mass is 16.5. The number of piperidine rings is 1. The molecule has 1 aromatic heterocycles. The molecule has 3 aromatic rings. The summed E-state index contributed by atoms with van der Waals surface area (Å²) in [7, 11) is 0. The average Bonchev–Trinajstić information content (AvgIpc) is 2.88. The van der Waals surface area contributed by atoms with Crippen molar-refractivity contribution in [1.29, 1.82) is 0 Å². The van der Waals surface area contributed by atoms with Crippen molar-refractivity contribution in [2.45, 2.75) is 77.9 Å². The summed E-state index contributed by atoms with van der Waals surface area (Å²) in [6.45, 7) is 7.52. The van der Waals surface area contributed by atoms with Crippen LogP contribution in [0.3, 0.4) is 0 Å². The maximum Gasteiger partial charge on any atom is 0.339 e. The molecule has 6 nitrogen and oxygen atoms in total. The summed E-state index contributed by atoms with van der Waals surface area (Å²) in [5.74, 6) is 0.895. The van der Waals surface area contributed by atoms with E-state index in [2.05, 4.69) is 19.1 Å². The molecule has 0 spiro atoms. The van der Waals surface area contributed by atoms with Crippen LogP contribution in [0.4, 0.5) is 0 Å². The number of carbonyl (C=O) groups is 1. The molecule has 2 fully saturated rings. The van der Waals surface area contributed by atoms with E-state index >= 15 is 0 Å². The molecule has 6 heteroatoms. The van der Waals surface area contributed by atoms with Crippen molar-refractivity contribution in [2.24, 2.45) is 5.92 Å². The summed E-state index contributed by atoms with van der Waals surface area (Å²) in [4.78, 5) is 27.9. The molecule has 0 radical (unpaired) electrons. The molecule has 1 aliphatic carbocycles. The van der Waals surface area contributed by atoms with Gasteiger partial charge in [-0.15, -0.1) is 0 Å². The second-order valence-corrected chi connectivity index (χ2v) is 11.0. The molecule has 1 aliphatic heterocycles. The van der Waals surface area contributed by atoms with Crippen molar-refractivity contribution in [3.8, 4) is 5.75 Å². The summed E-state index contributed by atoms with van der Waals surface area (Å²) >= 11 is 0. The van der Waals surface area contributed by atoms with Gasteiger partial charge in [-0.25, -0.2) is 4.79 Å². The van der Waals surface area contributed by atoms with E-state index in [1.807, 2.05) is 43.0 Å². The average molecular weight is 504 g/mol. The lowest BCUT2D eigenvalue weighted by molar-refractivity contribution is -0.143. The Kier molecular flexibility index (Phi) is 7.13. The first kappa shape index (κ1) is 25.5. The largest absolute Gasteiger partial charge is 0.488 e. The SMILES string of the molecule is Cc1cccc(COc2ccc3c(C)c(CCC(=O)N4CC[C@]5(O)CCCC[C@@H]5C4)c(=O)oc3c2C)c1. The fraction of sp³-hybridized carbons (Fsp3) is 0.484. The normalized spacial score (nSPS) is 21.6. The lowest BCUT2D eigenvalue weighted by Crippen LogP contribution is -2.54. The van der Waals surface area contributed by atoms with Gasteiger partial charge in [0.15, 0.2) is 0 Å². The molecule has 2 aliphatic rings. The van der Waals surface area contributed by atoms with Crippen LogP contribution in [-0.4, -0.2) is 34.6 Å². The molecule has 37 heavy (non-hydrogen) atoms. The van der Waals surface area contributed by atoms with Gasteiger partial charge < -0.3 is 19.2 Å². The number of ether oxygens (including phenoxy) is 1. The van der Waals surface area contributed by atoms with Gasteiger partial charge in [-0.3, -0.25) is 4.79 Å². The van der Waals surface area contributed by atoms with Crippen molar-refractivity contribution in [3.63, 3.8) is 0 Å². The van der Waals surface area contributed by atoms with Gasteiger partial charge in [-0.1, -0.05) is 42.7 Å². The van der Waals surface area contributed by atoms with Crippen LogP contribution in [0.2, 0.25) is 0 Å². The quantitative estimate of drug-likeness (QED) is 0.457. The third-order valence-electron chi connectivity index (χ3n) is 8.50. The highest BCUT2D eigenvalue weighted by Crippen LogP contribution is 2.40. The highest BCUT2D eigenvalue weighted by Gasteiger charge is 2.43. The molecule has 1 saturated heterocycles. The number of hydrogen-bond acceptors (Lipinski definition) is 5. The fourth-order valence-corrected chi connectivity index (χ4v) is 6.17. The Bertz CT molecular complexity index is 1380. The summed E-state index contributed by atoms with van der Waals surface area (Å²) < 4.78 is 11.8. The molecule has 196 valence electrons. The van der Waals surface area contributed by atoms with Crippen LogP contribution in [0.25, 0.3) is 11.0 Å². The van der Waals surface area contributed by atoms with Gasteiger partial charge in [0.1, 0.15) is 17.9 Å². The van der Waals surface area contributed by atoms with Gasteiger partial charge in [0.2, 0.25) is 5.91 Å². The Balaban J connectivity index is 1.29. The van der Waals surface area contributed by atoms with E-state index in [0.29, 0.717) is 49.4 Å². The van der Waals surface area contributed by atoms with Gasteiger partial charge in [0.05, 0.1) is 5.60 Å². The van der Waals surface area contributed by atoms with Gasteiger partial charge in [-0.05, 0) is 69.7 Å². The second kappa shape index (κ2) is 10.3. The number of nitrogens with zero attached hydrogens (tertiary/aromatic N) is 1. The lowest BCUT2D eigenvalue weighted by Gasteiger charge is -2.47. The number of likely N-dealkylation sites (tertiary alicyclic amines) is 1. The minimum atomic E-state index is -0.606. The number of aliphatic hydroxyl groups is 1. The monoisotopic (exact) mass is 503 g/mol. The molecule has 2 heterocycles.